The van der Waals surface area contributed by atoms with Crippen molar-refractivity contribution in [2.45, 2.75) is 17.4 Å². The standard InChI is InChI=1S/C11H14ClNO4S/c1-17-11-3-2-9(6-10(11)12)18(15,16)13-5-4-8(14)7-13/h2-3,6,8,14H,4-5,7H2,1H3. The number of benzene rings is 1. The molecular weight excluding hydrogens is 278 g/mol. The number of aliphatic hydroxyl groups excluding tert-OH is 1. The summed E-state index contributed by atoms with van der Waals surface area (Å²) in [6.07, 6.45) is -0.128. The quantitative estimate of drug-likeness (QED) is 0.906. The number of nitrogens with zero attached hydrogens (tertiary/aromatic N) is 1. The van der Waals surface area contributed by atoms with E-state index in [1.165, 1.54) is 29.6 Å². The monoisotopic (exact) mass is 291 g/mol. The average molecular weight is 292 g/mol. The second-order valence-corrected chi connectivity index (χ2v) is 6.45. The number of aliphatic hydroxyl groups is 1. The molecule has 0 radical (unpaired) electrons. The van der Waals surface area contributed by atoms with E-state index in [1.807, 2.05) is 0 Å². The van der Waals surface area contributed by atoms with Crippen LogP contribution in [0.25, 0.3) is 0 Å². The molecule has 100 valence electrons. The normalized spacial score (nSPS) is 21.2. The van der Waals surface area contributed by atoms with Gasteiger partial charge in [-0.25, -0.2) is 8.42 Å². The zero-order valence-electron chi connectivity index (χ0n) is 9.84. The molecule has 1 N–H and O–H groups in total. The fourth-order valence-electron chi connectivity index (χ4n) is 1.89. The van der Waals surface area contributed by atoms with Gasteiger partial charge in [0.2, 0.25) is 10.0 Å². The molecule has 18 heavy (non-hydrogen) atoms. The predicted octanol–water partition coefficient (Wildman–Crippen LogP) is 1.10. The SMILES string of the molecule is COc1ccc(S(=O)(=O)N2CCC(O)C2)cc1Cl. The summed E-state index contributed by atoms with van der Waals surface area (Å²) in [5, 5.41) is 9.64. The van der Waals surface area contributed by atoms with Gasteiger partial charge in [0.15, 0.2) is 0 Å². The van der Waals surface area contributed by atoms with E-state index in [0.717, 1.165) is 0 Å². The number of β-amino-alcohol motifs (C(OH)–C–C–N with tert-alkyl or cyclic N) is 1. The Morgan fingerprint density at radius 3 is 2.72 bits per heavy atom. The molecule has 1 atom stereocenters. The first kappa shape index (κ1) is 13.6. The van der Waals surface area contributed by atoms with Crippen molar-refractivity contribution in [3.63, 3.8) is 0 Å². The Balaban J connectivity index is 2.33. The zero-order valence-corrected chi connectivity index (χ0v) is 11.4. The molecule has 0 bridgehead atoms. The van der Waals surface area contributed by atoms with Crippen molar-refractivity contribution in [1.29, 1.82) is 0 Å². The van der Waals surface area contributed by atoms with Gasteiger partial charge in [0.05, 0.1) is 23.1 Å². The van der Waals surface area contributed by atoms with Gasteiger partial charge in [-0.05, 0) is 24.6 Å². The van der Waals surface area contributed by atoms with E-state index in [-0.39, 0.29) is 16.5 Å². The van der Waals surface area contributed by atoms with Crippen LogP contribution in [-0.4, -0.2) is 44.1 Å². The van der Waals surface area contributed by atoms with E-state index in [1.54, 1.807) is 0 Å². The van der Waals surface area contributed by atoms with Gasteiger partial charge in [-0.1, -0.05) is 11.6 Å². The first-order valence-corrected chi connectivity index (χ1v) is 7.28. The van der Waals surface area contributed by atoms with Gasteiger partial charge in [0, 0.05) is 13.1 Å². The van der Waals surface area contributed by atoms with E-state index in [2.05, 4.69) is 0 Å². The van der Waals surface area contributed by atoms with Crippen LogP contribution in [0.2, 0.25) is 5.02 Å². The second kappa shape index (κ2) is 5.05. The third-order valence-electron chi connectivity index (χ3n) is 2.89. The molecule has 1 aromatic carbocycles. The van der Waals surface area contributed by atoms with E-state index in [4.69, 9.17) is 16.3 Å². The van der Waals surface area contributed by atoms with Gasteiger partial charge in [-0.2, -0.15) is 4.31 Å². The Bertz CT molecular complexity index is 546. The first-order valence-electron chi connectivity index (χ1n) is 5.47. The van der Waals surface area contributed by atoms with Crippen molar-refractivity contribution in [2.24, 2.45) is 0 Å². The fourth-order valence-corrected chi connectivity index (χ4v) is 3.73. The number of ether oxygens (including phenoxy) is 1. The van der Waals surface area contributed by atoms with Gasteiger partial charge in [-0.3, -0.25) is 0 Å². The van der Waals surface area contributed by atoms with Gasteiger partial charge in [-0.15, -0.1) is 0 Å². The first-order chi connectivity index (χ1) is 8.45. The maximum atomic E-state index is 12.2. The number of sulfonamides is 1. The third-order valence-corrected chi connectivity index (χ3v) is 5.04. The number of hydrogen-bond donors (Lipinski definition) is 1. The number of methoxy groups -OCH3 is 1. The van der Waals surface area contributed by atoms with E-state index >= 15 is 0 Å². The fraction of sp³-hybridized carbons (Fsp3) is 0.455. The Labute approximate surface area is 111 Å². The minimum atomic E-state index is -3.59. The van der Waals surface area contributed by atoms with E-state index in [0.29, 0.717) is 18.7 Å². The third kappa shape index (κ3) is 2.47. The van der Waals surface area contributed by atoms with Crippen molar-refractivity contribution in [1.82, 2.24) is 4.31 Å². The lowest BCUT2D eigenvalue weighted by atomic mass is 10.3. The molecule has 7 heteroatoms. The van der Waals surface area contributed by atoms with Gasteiger partial charge < -0.3 is 9.84 Å². The van der Waals surface area contributed by atoms with Crippen LogP contribution >= 0.6 is 11.6 Å². The average Bonchev–Trinajstić information content (AvgIpc) is 2.76. The summed E-state index contributed by atoms with van der Waals surface area (Å²) < 4.78 is 30.7. The summed E-state index contributed by atoms with van der Waals surface area (Å²) in [5.74, 6) is 0.428. The molecule has 1 unspecified atom stereocenters. The summed E-state index contributed by atoms with van der Waals surface area (Å²) in [6.45, 7) is 0.457. The van der Waals surface area contributed by atoms with Crippen LogP contribution in [0.15, 0.2) is 23.1 Å². The molecule has 0 spiro atoms. The molecular formula is C11H14ClNO4S. The molecule has 1 aromatic rings. The number of hydrogen-bond acceptors (Lipinski definition) is 4. The van der Waals surface area contributed by atoms with Crippen molar-refractivity contribution in [3.05, 3.63) is 23.2 Å². The van der Waals surface area contributed by atoms with E-state index in [9.17, 15) is 13.5 Å². The van der Waals surface area contributed by atoms with E-state index < -0.39 is 16.1 Å². The smallest absolute Gasteiger partial charge is 0.243 e. The molecule has 0 aliphatic carbocycles. The second-order valence-electron chi connectivity index (χ2n) is 4.10. The molecule has 0 amide bonds. The molecule has 2 rings (SSSR count). The summed E-state index contributed by atoms with van der Waals surface area (Å²) in [7, 11) is -2.12. The molecule has 5 nitrogen and oxygen atoms in total. The van der Waals surface area contributed by atoms with Crippen molar-refractivity contribution in [3.8, 4) is 5.75 Å². The van der Waals surface area contributed by atoms with Gasteiger partial charge >= 0.3 is 0 Å². The summed E-state index contributed by atoms with van der Waals surface area (Å²) in [5.41, 5.74) is 0. The number of rotatable bonds is 3. The van der Waals surface area contributed by atoms with Crippen LogP contribution in [0.4, 0.5) is 0 Å². The summed E-state index contributed by atoms with van der Waals surface area (Å²) in [6, 6.07) is 4.33. The largest absolute Gasteiger partial charge is 0.495 e. The highest BCUT2D eigenvalue weighted by molar-refractivity contribution is 7.89. The zero-order chi connectivity index (χ0) is 13.3. The van der Waals surface area contributed by atoms with Crippen LogP contribution < -0.4 is 4.74 Å². The van der Waals surface area contributed by atoms with Gasteiger partial charge in [0.25, 0.3) is 0 Å². The topological polar surface area (TPSA) is 66.8 Å². The summed E-state index contributed by atoms with van der Waals surface area (Å²) in [4.78, 5) is 0.113. The molecule has 1 aliphatic heterocycles. The maximum Gasteiger partial charge on any atom is 0.243 e. The van der Waals surface area contributed by atoms with Crippen LogP contribution in [0.1, 0.15) is 6.42 Å². The van der Waals surface area contributed by atoms with Crippen LogP contribution in [0.3, 0.4) is 0 Å². The highest BCUT2D eigenvalue weighted by Gasteiger charge is 2.31. The van der Waals surface area contributed by atoms with Crippen molar-refractivity contribution < 1.29 is 18.3 Å². The molecule has 1 fully saturated rings. The summed E-state index contributed by atoms with van der Waals surface area (Å²) >= 11 is 5.91. The van der Waals surface area contributed by atoms with Crippen LogP contribution in [-0.2, 0) is 10.0 Å². The highest BCUT2D eigenvalue weighted by atomic mass is 35.5. The Kier molecular flexibility index (Phi) is 3.82. The van der Waals surface area contributed by atoms with Crippen LogP contribution in [0.5, 0.6) is 5.75 Å². The molecule has 0 saturated carbocycles. The van der Waals surface area contributed by atoms with Gasteiger partial charge in [0.1, 0.15) is 5.75 Å². The Hall–Kier alpha value is -0.820. The Morgan fingerprint density at radius 2 is 2.22 bits per heavy atom. The number of halogens is 1. The minimum absolute atomic E-state index is 0.113. The van der Waals surface area contributed by atoms with Crippen LogP contribution in [0, 0.1) is 0 Å². The lowest BCUT2D eigenvalue weighted by Crippen LogP contribution is -2.29. The van der Waals surface area contributed by atoms with Crippen molar-refractivity contribution in [2.75, 3.05) is 20.2 Å². The van der Waals surface area contributed by atoms with Crippen molar-refractivity contribution >= 4 is 21.6 Å². The maximum absolute atomic E-state index is 12.2. The lowest BCUT2D eigenvalue weighted by molar-refractivity contribution is 0.189. The lowest BCUT2D eigenvalue weighted by Gasteiger charge is -2.16. The molecule has 1 saturated heterocycles. The molecule has 1 heterocycles. The minimum Gasteiger partial charge on any atom is -0.495 e. The predicted molar refractivity (Wildman–Crippen MR) is 67.4 cm³/mol. The highest BCUT2D eigenvalue weighted by Crippen LogP contribution is 2.29. The molecule has 0 aromatic heterocycles. The Morgan fingerprint density at radius 1 is 1.50 bits per heavy atom. The molecule has 1 aliphatic rings.